The van der Waals surface area contributed by atoms with Crippen molar-refractivity contribution in [2.45, 2.75) is 0 Å². The molecule has 4 aromatic heterocycles. The number of nitrogens with zero attached hydrogens (tertiary/aromatic N) is 5. The molecule has 7 aromatic rings. The highest BCUT2D eigenvalue weighted by molar-refractivity contribution is 6.19. The number of pyridine rings is 1. The number of furan rings is 1. The third kappa shape index (κ3) is 2.82. The first-order valence-electron chi connectivity index (χ1n) is 11.0. The maximum Gasteiger partial charge on any atom is 0.238 e. The fraction of sp³-hybridized carbons (Fsp3) is 0. The number of rotatable bonds is 3. The molecule has 6 nitrogen and oxygen atoms in total. The van der Waals surface area contributed by atoms with Gasteiger partial charge in [0.05, 0.1) is 22.7 Å². The number of hydrogen-bond donors (Lipinski definition) is 0. The number of para-hydroxylation sites is 1. The maximum absolute atomic E-state index is 5.90. The minimum absolute atomic E-state index is 0.546. The van der Waals surface area contributed by atoms with Crippen LogP contribution in [0.1, 0.15) is 0 Å². The molecule has 4 heterocycles. The van der Waals surface area contributed by atoms with Gasteiger partial charge in [0.25, 0.3) is 0 Å². The summed E-state index contributed by atoms with van der Waals surface area (Å²) in [7, 11) is 0. The molecule has 34 heavy (non-hydrogen) atoms. The second-order valence-corrected chi connectivity index (χ2v) is 8.04. The molecular weight excluding hydrogens is 422 g/mol. The smallest absolute Gasteiger partial charge is 0.238 e. The molecule has 0 N–H and O–H groups in total. The van der Waals surface area contributed by atoms with E-state index in [1.54, 1.807) is 18.7 Å². The average Bonchev–Trinajstić information content (AvgIpc) is 3.52. The zero-order chi connectivity index (χ0) is 22.5. The molecule has 7 rings (SSSR count). The van der Waals surface area contributed by atoms with E-state index in [9.17, 15) is 0 Å². The van der Waals surface area contributed by atoms with Gasteiger partial charge in [0.2, 0.25) is 5.95 Å². The van der Waals surface area contributed by atoms with Crippen molar-refractivity contribution in [3.8, 4) is 28.7 Å². The van der Waals surface area contributed by atoms with Gasteiger partial charge in [-0.3, -0.25) is 9.55 Å². The molecule has 0 saturated carbocycles. The summed E-state index contributed by atoms with van der Waals surface area (Å²) in [5.41, 5.74) is 4.59. The molecule has 3 aromatic carbocycles. The molecule has 160 valence electrons. The van der Waals surface area contributed by atoms with Crippen molar-refractivity contribution in [3.05, 3.63) is 104 Å². The van der Waals surface area contributed by atoms with E-state index in [0.717, 1.165) is 43.9 Å². The van der Waals surface area contributed by atoms with E-state index in [4.69, 9.17) is 19.4 Å². The summed E-state index contributed by atoms with van der Waals surface area (Å²) in [4.78, 5) is 18.9. The molecule has 0 aliphatic heterocycles. The van der Waals surface area contributed by atoms with Gasteiger partial charge in [-0.1, -0.05) is 48.5 Å². The number of aromatic nitrogens is 5. The van der Waals surface area contributed by atoms with E-state index in [2.05, 4.69) is 33.8 Å². The van der Waals surface area contributed by atoms with E-state index in [1.165, 1.54) is 0 Å². The zero-order valence-corrected chi connectivity index (χ0v) is 18.0. The van der Waals surface area contributed by atoms with E-state index in [1.807, 2.05) is 60.7 Å². The monoisotopic (exact) mass is 439 g/mol. The second-order valence-electron chi connectivity index (χ2n) is 8.04. The zero-order valence-electron chi connectivity index (χ0n) is 18.0. The first-order chi connectivity index (χ1) is 16.9. The average molecular weight is 439 g/mol. The van der Waals surface area contributed by atoms with Gasteiger partial charge in [-0.15, -0.1) is 0 Å². The molecule has 6 heteroatoms. The molecule has 0 atom stereocenters. The van der Waals surface area contributed by atoms with Crippen LogP contribution in [-0.2, 0) is 0 Å². The van der Waals surface area contributed by atoms with Crippen molar-refractivity contribution in [1.29, 1.82) is 0 Å². The van der Waals surface area contributed by atoms with Crippen LogP contribution in [0.4, 0.5) is 0 Å². The summed E-state index contributed by atoms with van der Waals surface area (Å²) in [5, 5.41) is 3.19. The van der Waals surface area contributed by atoms with Gasteiger partial charge in [-0.25, -0.2) is 4.98 Å². The Balaban J connectivity index is 1.59. The van der Waals surface area contributed by atoms with E-state index >= 15 is 0 Å². The van der Waals surface area contributed by atoms with Gasteiger partial charge in [0.15, 0.2) is 11.6 Å². The van der Waals surface area contributed by atoms with Crippen LogP contribution in [0.3, 0.4) is 0 Å². The Morgan fingerprint density at radius 1 is 0.647 bits per heavy atom. The van der Waals surface area contributed by atoms with Gasteiger partial charge < -0.3 is 4.42 Å². The summed E-state index contributed by atoms with van der Waals surface area (Å²) in [5.74, 6) is 1.72. The van der Waals surface area contributed by atoms with Crippen LogP contribution < -0.4 is 0 Å². The lowest BCUT2D eigenvalue weighted by Gasteiger charge is -2.10. The largest absolute Gasteiger partial charge is 0.464 e. The standard InChI is InChI=1S/C28H17N5O/c1-2-7-19(8-3-1)26-30-27(20-9-6-15-29-17-20)32-28(31-26)33-22-11-5-4-10-21(22)24-23(33)13-12-18-14-16-34-25(18)24/h1-17H. The number of fused-ring (bicyclic) bond motifs is 5. The summed E-state index contributed by atoms with van der Waals surface area (Å²) in [6.07, 6.45) is 5.24. The third-order valence-corrected chi connectivity index (χ3v) is 6.03. The molecule has 0 fully saturated rings. The Morgan fingerprint density at radius 2 is 1.44 bits per heavy atom. The topological polar surface area (TPSA) is 69.6 Å². The lowest BCUT2D eigenvalue weighted by molar-refractivity contribution is 0.619. The highest BCUT2D eigenvalue weighted by Crippen LogP contribution is 2.37. The van der Waals surface area contributed by atoms with Gasteiger partial charge >= 0.3 is 0 Å². The van der Waals surface area contributed by atoms with Crippen LogP contribution in [0.25, 0.3) is 61.5 Å². The molecule has 0 radical (unpaired) electrons. The van der Waals surface area contributed by atoms with Crippen molar-refractivity contribution < 1.29 is 4.42 Å². The van der Waals surface area contributed by atoms with Crippen LogP contribution >= 0.6 is 0 Å². The van der Waals surface area contributed by atoms with Crippen LogP contribution in [-0.4, -0.2) is 24.5 Å². The minimum atomic E-state index is 0.546. The van der Waals surface area contributed by atoms with Crippen LogP contribution in [0, 0.1) is 0 Å². The summed E-state index contributed by atoms with van der Waals surface area (Å²) in [6, 6.07) is 28.2. The van der Waals surface area contributed by atoms with E-state index < -0.39 is 0 Å². The Hall–Kier alpha value is -4.84. The lowest BCUT2D eigenvalue weighted by Crippen LogP contribution is -2.06. The van der Waals surface area contributed by atoms with Crippen molar-refractivity contribution in [2.75, 3.05) is 0 Å². The number of benzene rings is 3. The Labute approximate surface area is 194 Å². The summed E-state index contributed by atoms with van der Waals surface area (Å²) >= 11 is 0. The Morgan fingerprint density at radius 3 is 2.29 bits per heavy atom. The van der Waals surface area contributed by atoms with Crippen LogP contribution in [0.15, 0.2) is 108 Å². The van der Waals surface area contributed by atoms with Gasteiger partial charge in [-0.05, 0) is 36.4 Å². The first kappa shape index (κ1) is 18.7. The highest BCUT2D eigenvalue weighted by Gasteiger charge is 2.19. The van der Waals surface area contributed by atoms with Crippen LogP contribution in [0.5, 0.6) is 0 Å². The SMILES string of the molecule is c1ccc(-c2nc(-c3cccnc3)nc(-n3c4ccccc4c4c5occc5ccc43)n2)cc1. The van der Waals surface area contributed by atoms with Gasteiger partial charge in [-0.2, -0.15) is 9.97 Å². The van der Waals surface area contributed by atoms with Crippen molar-refractivity contribution in [2.24, 2.45) is 0 Å². The molecule has 0 unspecified atom stereocenters. The maximum atomic E-state index is 5.90. The minimum Gasteiger partial charge on any atom is -0.464 e. The molecule has 0 aliphatic rings. The summed E-state index contributed by atoms with van der Waals surface area (Å²) in [6.45, 7) is 0. The van der Waals surface area contributed by atoms with Crippen LogP contribution in [0.2, 0.25) is 0 Å². The predicted octanol–water partition coefficient (Wildman–Crippen LogP) is 6.44. The predicted molar refractivity (Wildman–Crippen MR) is 133 cm³/mol. The van der Waals surface area contributed by atoms with E-state index in [0.29, 0.717) is 17.6 Å². The van der Waals surface area contributed by atoms with Gasteiger partial charge in [0.1, 0.15) is 5.58 Å². The third-order valence-electron chi connectivity index (χ3n) is 6.03. The molecule has 0 bridgehead atoms. The van der Waals surface area contributed by atoms with Crippen molar-refractivity contribution in [3.63, 3.8) is 0 Å². The summed E-state index contributed by atoms with van der Waals surface area (Å²) < 4.78 is 7.98. The van der Waals surface area contributed by atoms with Crippen molar-refractivity contribution >= 4 is 32.8 Å². The second kappa shape index (κ2) is 7.35. The van der Waals surface area contributed by atoms with E-state index in [-0.39, 0.29) is 0 Å². The molecule has 0 aliphatic carbocycles. The van der Waals surface area contributed by atoms with Crippen molar-refractivity contribution in [1.82, 2.24) is 24.5 Å². The highest BCUT2D eigenvalue weighted by atomic mass is 16.3. The fourth-order valence-corrected chi connectivity index (χ4v) is 4.50. The Kier molecular flexibility index (Phi) is 4.04. The fourth-order valence-electron chi connectivity index (χ4n) is 4.50. The number of hydrogen-bond acceptors (Lipinski definition) is 5. The normalized spacial score (nSPS) is 11.5. The lowest BCUT2D eigenvalue weighted by atomic mass is 10.1. The molecule has 0 spiro atoms. The molecule has 0 saturated heterocycles. The molecule has 0 amide bonds. The quantitative estimate of drug-likeness (QED) is 0.317. The molecular formula is C28H17N5O. The Bertz CT molecular complexity index is 1750. The first-order valence-corrected chi connectivity index (χ1v) is 11.0. The van der Waals surface area contributed by atoms with Gasteiger partial charge in [0, 0.05) is 34.3 Å².